The number of nitrogens with zero attached hydrogens (tertiary/aromatic N) is 6. The number of nitrogens with two attached hydrogens (primary N) is 1. The molecule has 6 rings (SSSR count). The van der Waals surface area contributed by atoms with Crippen LogP contribution in [0.4, 0.5) is 9.93 Å². The summed E-state index contributed by atoms with van der Waals surface area (Å²) in [6, 6.07) is 2.21. The number of ether oxygens (including phenoxy) is 2. The molecule has 304 valence electrons. The van der Waals surface area contributed by atoms with Crippen LogP contribution >= 0.6 is 34.9 Å². The number of benzene rings is 1. The first-order chi connectivity index (χ1) is 27.4. The van der Waals surface area contributed by atoms with Crippen molar-refractivity contribution in [2.24, 2.45) is 10.1 Å². The van der Waals surface area contributed by atoms with Crippen LogP contribution in [0.5, 0.6) is 11.5 Å². The van der Waals surface area contributed by atoms with Crippen LogP contribution < -0.4 is 26.1 Å². The number of carbonyl (C=O) groups excluding carboxylic acids is 4. The van der Waals surface area contributed by atoms with Crippen molar-refractivity contribution in [2.45, 2.75) is 44.7 Å². The number of anilines is 1. The number of amides is 3. The molecule has 22 nitrogen and oxygen atoms in total. The second-order valence-electron chi connectivity index (χ2n) is 12.5. The summed E-state index contributed by atoms with van der Waals surface area (Å²) in [6.07, 6.45) is 1.69. The van der Waals surface area contributed by atoms with Crippen LogP contribution in [0.2, 0.25) is 0 Å². The van der Waals surface area contributed by atoms with Crippen molar-refractivity contribution in [3.05, 3.63) is 69.2 Å². The van der Waals surface area contributed by atoms with E-state index in [0.717, 1.165) is 48.1 Å². The van der Waals surface area contributed by atoms with E-state index in [9.17, 15) is 48.9 Å². The van der Waals surface area contributed by atoms with Crippen LogP contribution in [0, 0.1) is 0 Å². The molecule has 3 atom stereocenters. The van der Waals surface area contributed by atoms with Gasteiger partial charge in [0.1, 0.15) is 22.8 Å². The zero-order valence-corrected chi connectivity index (χ0v) is 32.9. The maximum atomic E-state index is 13.8. The number of hydrazine groups is 2. The van der Waals surface area contributed by atoms with Gasteiger partial charge in [0.2, 0.25) is 0 Å². The van der Waals surface area contributed by atoms with Gasteiger partial charge in [0, 0.05) is 42.0 Å². The maximum absolute atomic E-state index is 13.8. The minimum Gasteiger partial charge on any atom is -0.478 e. The molecule has 2 aromatic rings. The second-order valence-corrected chi connectivity index (χ2v) is 15.5. The van der Waals surface area contributed by atoms with Gasteiger partial charge in [-0.25, -0.2) is 29.4 Å². The highest BCUT2D eigenvalue weighted by Gasteiger charge is 2.54. The fourth-order valence-corrected chi connectivity index (χ4v) is 8.76. The largest absolute Gasteiger partial charge is 0.478 e. The number of fused-ring (bicyclic) bond motifs is 2. The number of oxime groups is 1. The first kappa shape index (κ1) is 41.2. The van der Waals surface area contributed by atoms with Gasteiger partial charge >= 0.3 is 30.0 Å². The Labute approximate surface area is 339 Å². The highest BCUT2D eigenvalue weighted by molar-refractivity contribution is 8.03. The monoisotopic (exact) mass is 857 g/mol. The van der Waals surface area contributed by atoms with Crippen molar-refractivity contribution in [3.8, 4) is 11.5 Å². The number of thiazole rings is 1. The van der Waals surface area contributed by atoms with E-state index in [0.29, 0.717) is 22.1 Å². The molecule has 1 aromatic carbocycles. The number of carboxylic acids is 2. The van der Waals surface area contributed by atoms with Gasteiger partial charge in [-0.05, 0) is 37.6 Å². The fraction of sp³-hybridized carbons (Fsp3) is 0.273. The predicted octanol–water partition coefficient (Wildman–Crippen LogP) is 1.60. The normalized spacial score (nSPS) is 19.7. The van der Waals surface area contributed by atoms with E-state index in [-0.39, 0.29) is 45.1 Å². The summed E-state index contributed by atoms with van der Waals surface area (Å²) < 4.78 is 10.2. The van der Waals surface area contributed by atoms with Crippen LogP contribution in [0.1, 0.15) is 39.0 Å². The minimum absolute atomic E-state index is 0.0114. The molecular formula is C33H31N9O13S3. The summed E-state index contributed by atoms with van der Waals surface area (Å²) >= 11 is 3.30. The quantitative estimate of drug-likeness (QED) is 0.0548. The molecule has 3 amide bonds. The summed E-state index contributed by atoms with van der Waals surface area (Å²) in [5.41, 5.74) is 5.90. The highest BCUT2D eigenvalue weighted by atomic mass is 32.2. The molecule has 4 aliphatic heterocycles. The molecule has 1 aromatic heterocycles. The number of hydrogen-bond acceptors (Lipinski definition) is 19. The molecule has 58 heavy (non-hydrogen) atoms. The third-order valence-electron chi connectivity index (χ3n) is 8.37. The third-order valence-corrected chi connectivity index (χ3v) is 11.5. The second kappa shape index (κ2) is 16.2. The molecule has 1 fully saturated rings. The third kappa shape index (κ3) is 8.18. The topological polar surface area (TPSA) is 305 Å². The van der Waals surface area contributed by atoms with Crippen LogP contribution in [0.3, 0.4) is 0 Å². The van der Waals surface area contributed by atoms with Gasteiger partial charge in [0.15, 0.2) is 28.2 Å². The number of aliphatic imine (C=N–C) groups is 1. The number of esters is 2. The Morgan fingerprint density at radius 3 is 2.45 bits per heavy atom. The van der Waals surface area contributed by atoms with Crippen molar-refractivity contribution in [2.75, 3.05) is 17.2 Å². The smallest absolute Gasteiger partial charge is 0.427 e. The number of aromatic nitrogens is 1. The molecule has 4 aliphatic rings. The summed E-state index contributed by atoms with van der Waals surface area (Å²) in [6.45, 7) is 4.98. The van der Waals surface area contributed by atoms with Crippen LogP contribution in [0.15, 0.2) is 68.1 Å². The minimum atomic E-state index is -2.37. The predicted molar refractivity (Wildman–Crippen MR) is 204 cm³/mol. The average molecular weight is 858 g/mol. The number of nitrogens with one attached hydrogen (secondary N) is 2. The molecular weight excluding hydrogens is 827 g/mol. The lowest BCUT2D eigenvalue weighted by Crippen LogP contribution is -2.71. The molecule has 0 spiro atoms. The number of nitrogen functional groups attached to an aromatic ring is 1. The van der Waals surface area contributed by atoms with E-state index in [1.807, 2.05) is 0 Å². The number of thioether (sulfide) groups is 2. The van der Waals surface area contributed by atoms with Crippen LogP contribution in [-0.2, 0) is 39.2 Å². The van der Waals surface area contributed by atoms with Crippen LogP contribution in [-0.4, -0.2) is 111 Å². The van der Waals surface area contributed by atoms with Gasteiger partial charge in [-0.15, -0.1) is 40.4 Å². The molecule has 0 bridgehead atoms. The van der Waals surface area contributed by atoms with Crippen molar-refractivity contribution < 1.29 is 63.2 Å². The van der Waals surface area contributed by atoms with Gasteiger partial charge in [-0.2, -0.15) is 5.01 Å². The Hall–Kier alpha value is -6.44. The van der Waals surface area contributed by atoms with E-state index < -0.39 is 64.5 Å². The molecule has 5 heterocycles. The SMILES string of the molecule is CC(=O)Oc1ccc(C(C)(O/N=C(\C(=O)N[C@@H]2C(=O)N3C(C(=O)O)=C(CSC4=CC(C)=NC5=CN(C(=O)O)NN54)CS[C@H]23)c2csc(N)n2)C(=O)O)cc1OC(C)=O. The van der Waals surface area contributed by atoms with Gasteiger partial charge < -0.3 is 40.7 Å². The number of hydrogen-bond donors (Lipinski definition) is 6. The van der Waals surface area contributed by atoms with Crippen molar-refractivity contribution >= 4 is 93.2 Å². The average Bonchev–Trinajstić information content (AvgIpc) is 3.79. The molecule has 0 saturated carbocycles. The van der Waals surface area contributed by atoms with Crippen molar-refractivity contribution in [3.63, 3.8) is 0 Å². The lowest BCUT2D eigenvalue weighted by molar-refractivity contribution is -0.165. The molecule has 1 unspecified atom stereocenters. The van der Waals surface area contributed by atoms with E-state index in [1.54, 1.807) is 13.0 Å². The lowest BCUT2D eigenvalue weighted by atomic mass is 9.95. The molecule has 0 radical (unpaired) electrons. The number of rotatable bonds is 13. The molecule has 7 N–H and O–H groups in total. The van der Waals surface area contributed by atoms with Crippen molar-refractivity contribution in [1.82, 2.24) is 30.8 Å². The van der Waals surface area contributed by atoms with E-state index in [2.05, 4.69) is 26.0 Å². The highest BCUT2D eigenvalue weighted by Crippen LogP contribution is 2.43. The Bertz CT molecular complexity index is 2320. The summed E-state index contributed by atoms with van der Waals surface area (Å²) in [5.74, 6) is -6.30. The van der Waals surface area contributed by atoms with Gasteiger partial charge in [0.25, 0.3) is 17.4 Å². The summed E-state index contributed by atoms with van der Waals surface area (Å²) in [7, 11) is 0. The van der Waals surface area contributed by atoms with Crippen LogP contribution in [0.25, 0.3) is 0 Å². The van der Waals surface area contributed by atoms with Crippen molar-refractivity contribution in [1.29, 1.82) is 0 Å². The number of allylic oxidation sites excluding steroid dienone is 1. The zero-order valence-electron chi connectivity index (χ0n) is 30.4. The first-order valence-corrected chi connectivity index (χ1v) is 19.4. The summed E-state index contributed by atoms with van der Waals surface area (Å²) in [5, 5.41) is 39.5. The Morgan fingerprint density at radius 2 is 1.83 bits per heavy atom. The van der Waals surface area contributed by atoms with Gasteiger partial charge in [0.05, 0.1) is 11.2 Å². The standard InChI is InChI=1S/C33H31N9O13S3/c1-13-7-22(42-21(35-13)9-40(39-42)32(51)52)56-10-16-11-57-28-24(27(46)41(28)25(16)29(47)48)37-26(45)23(18-12-58-31(34)36-18)38-55-33(4,30(49)50)17-5-6-19(53-14(2)43)20(8-17)54-15(3)44/h5-9,12,24,28,39H,10-11H2,1-4H3,(H2,34,36)(H,37,45)(H,47,48)(H,49,50)(H,51,52)/b38-23-/t24-,28-,33?/m1/s1. The number of aliphatic carboxylic acids is 2. The number of carbonyl (C=O) groups is 7. The lowest BCUT2D eigenvalue weighted by Gasteiger charge is -2.49. The van der Waals surface area contributed by atoms with Gasteiger partial charge in [-0.1, -0.05) is 11.2 Å². The van der Waals surface area contributed by atoms with E-state index >= 15 is 0 Å². The molecule has 1 saturated heterocycles. The fourth-order valence-electron chi connectivity index (χ4n) is 5.66. The maximum Gasteiger partial charge on any atom is 0.427 e. The zero-order chi connectivity index (χ0) is 42.2. The molecule has 0 aliphatic carbocycles. The Kier molecular flexibility index (Phi) is 11.5. The van der Waals surface area contributed by atoms with E-state index in [1.165, 1.54) is 52.2 Å². The molecule has 25 heteroatoms. The number of β-lactam (4-membered cyclic amide) rings is 1. The Balaban J connectivity index is 1.22. The van der Waals surface area contributed by atoms with E-state index in [4.69, 9.17) is 20.0 Å². The van der Waals surface area contributed by atoms with Gasteiger partial charge in [-0.3, -0.25) is 24.1 Å². The summed E-state index contributed by atoms with van der Waals surface area (Å²) in [4.78, 5) is 102. The Morgan fingerprint density at radius 1 is 1.12 bits per heavy atom. The number of carboxylic acid groups (broad SMARTS) is 3. The first-order valence-electron chi connectivity index (χ1n) is 16.5.